The number of fused-ring (bicyclic) bond motifs is 3. The van der Waals surface area contributed by atoms with Gasteiger partial charge in [0.15, 0.2) is 5.69 Å². The van der Waals surface area contributed by atoms with E-state index in [1.807, 2.05) is 6.20 Å². The molecule has 0 aliphatic carbocycles. The smallest absolute Gasteiger partial charge is 0.150 e. The van der Waals surface area contributed by atoms with Gasteiger partial charge in [0.25, 0.3) is 0 Å². The Balaban J connectivity index is 1.25. The van der Waals surface area contributed by atoms with E-state index >= 15 is 0 Å². The van der Waals surface area contributed by atoms with Crippen LogP contribution in [0.5, 0.6) is 0 Å². The van der Waals surface area contributed by atoms with Gasteiger partial charge in [-0.15, -0.1) is 0 Å². The average Bonchev–Trinajstić information content (AvgIpc) is 3.98. The summed E-state index contributed by atoms with van der Waals surface area (Å²) in [5.41, 5.74) is 18.0. The lowest BCUT2D eigenvalue weighted by atomic mass is 9.85. The van der Waals surface area contributed by atoms with Crippen LogP contribution in [-0.2, 0) is 10.8 Å². The molecule has 3 heterocycles. The molecule has 9 aromatic rings. The van der Waals surface area contributed by atoms with Gasteiger partial charge in [0.05, 0.1) is 17.7 Å². The first-order valence-electron chi connectivity index (χ1n) is 26.4. The Kier molecular flexibility index (Phi) is 12.6. The summed E-state index contributed by atoms with van der Waals surface area (Å²) in [5, 5.41) is 2.39. The van der Waals surface area contributed by atoms with E-state index in [9.17, 15) is 0 Å². The van der Waals surface area contributed by atoms with Gasteiger partial charge in [-0.25, -0.2) is 4.98 Å². The van der Waals surface area contributed by atoms with E-state index in [4.69, 9.17) is 4.98 Å². The maximum absolute atomic E-state index is 5.23. The lowest BCUT2D eigenvalue weighted by Crippen LogP contribution is -2.35. The first kappa shape index (κ1) is 49.4. The summed E-state index contributed by atoms with van der Waals surface area (Å²) in [5.74, 6) is 1.63. The molecule has 0 fully saturated rings. The minimum Gasteiger partial charge on any atom is -0.328 e. The lowest BCUT2D eigenvalue weighted by Gasteiger charge is -2.39. The topological polar surface area (TPSA) is 24.3 Å². The van der Waals surface area contributed by atoms with E-state index in [1.54, 1.807) is 0 Å². The first-order chi connectivity index (χ1) is 34.7. The van der Waals surface area contributed by atoms with Crippen molar-refractivity contribution in [1.29, 1.82) is 0 Å². The molecule has 5 heteroatoms. The largest absolute Gasteiger partial charge is 0.328 e. The van der Waals surface area contributed by atoms with Gasteiger partial charge in [-0.2, -0.15) is 4.48 Å². The number of hydrogen-bond acceptors (Lipinski definition) is 3. The summed E-state index contributed by atoms with van der Waals surface area (Å²) in [6, 6.07) is 66.1. The Morgan fingerprint density at radius 3 is 1.67 bits per heavy atom. The van der Waals surface area contributed by atoms with Crippen LogP contribution < -0.4 is 14.3 Å². The molecule has 1 aliphatic rings. The molecule has 0 unspecified atom stereocenters. The van der Waals surface area contributed by atoms with Gasteiger partial charge in [-0.3, -0.25) is 4.57 Å². The number of nitrogens with zero attached hydrogens (tertiary/aromatic N) is 5. The van der Waals surface area contributed by atoms with Crippen molar-refractivity contribution >= 4 is 55.9 Å². The van der Waals surface area contributed by atoms with Crippen LogP contribution in [0.25, 0.3) is 38.8 Å². The van der Waals surface area contributed by atoms with Crippen molar-refractivity contribution in [3.63, 3.8) is 0 Å². The second-order valence-electron chi connectivity index (χ2n) is 24.0. The van der Waals surface area contributed by atoms with Crippen molar-refractivity contribution in [2.24, 2.45) is 5.41 Å². The fourth-order valence-electron chi connectivity index (χ4n) is 11.2. The van der Waals surface area contributed by atoms with Crippen LogP contribution in [0.1, 0.15) is 124 Å². The summed E-state index contributed by atoms with van der Waals surface area (Å²) in [4.78, 5) is 10.2. The van der Waals surface area contributed by atoms with Gasteiger partial charge in [-0.05, 0) is 98.5 Å². The molecular weight excluding hydrogens is 887 g/mol. The van der Waals surface area contributed by atoms with Crippen LogP contribution in [0.2, 0.25) is 0 Å². The zero-order valence-electron chi connectivity index (χ0n) is 45.5. The summed E-state index contributed by atoms with van der Waals surface area (Å²) in [6.07, 6.45) is 4.40. The second-order valence-corrected chi connectivity index (χ2v) is 24.0. The highest BCUT2D eigenvalue weighted by Gasteiger charge is 2.42. The molecule has 0 saturated carbocycles. The maximum atomic E-state index is 5.23. The molecule has 5 nitrogen and oxygen atoms in total. The highest BCUT2D eigenvalue weighted by molar-refractivity contribution is 6.10. The molecule has 0 radical (unpaired) electrons. The Bertz CT molecular complexity index is 3430. The Morgan fingerprint density at radius 2 is 1.05 bits per heavy atom. The van der Waals surface area contributed by atoms with Crippen molar-refractivity contribution in [3.05, 3.63) is 216 Å². The van der Waals surface area contributed by atoms with Crippen LogP contribution in [0.4, 0.5) is 34.1 Å². The molecule has 7 aromatic carbocycles. The fraction of sp³-hybridized carbons (Fsp3) is 0.279. The monoisotopic (exact) mass is 961 g/mol. The highest BCUT2D eigenvalue weighted by Crippen LogP contribution is 2.55. The third-order valence-corrected chi connectivity index (χ3v) is 15.1. The molecule has 73 heavy (non-hydrogen) atoms. The minimum atomic E-state index is -0.170. The van der Waals surface area contributed by atoms with Gasteiger partial charge in [0, 0.05) is 94.2 Å². The van der Waals surface area contributed by atoms with Crippen molar-refractivity contribution in [1.82, 2.24) is 14.0 Å². The number of aromatic nitrogens is 2. The molecule has 10 rings (SSSR count). The molecule has 2 aromatic heterocycles. The second kappa shape index (κ2) is 18.7. The average molecular weight is 961 g/mol. The Morgan fingerprint density at radius 1 is 0.466 bits per heavy atom. The normalized spacial score (nSPS) is 13.8. The highest BCUT2D eigenvalue weighted by atomic mass is 15.4. The molecule has 1 aliphatic heterocycles. The van der Waals surface area contributed by atoms with Crippen molar-refractivity contribution in [3.8, 4) is 16.9 Å². The van der Waals surface area contributed by atoms with Crippen molar-refractivity contribution < 1.29 is 0 Å². The Hall–Kier alpha value is -7.21. The van der Waals surface area contributed by atoms with Gasteiger partial charge in [-0.1, -0.05) is 175 Å². The number of anilines is 2. The van der Waals surface area contributed by atoms with E-state index in [0.717, 1.165) is 39.6 Å². The molecule has 370 valence electrons. The summed E-state index contributed by atoms with van der Waals surface area (Å²) < 4.78 is 2.75. The van der Waals surface area contributed by atoms with Gasteiger partial charge in [0.2, 0.25) is 0 Å². The summed E-state index contributed by atoms with van der Waals surface area (Å²) in [7, 11) is 0. The van der Waals surface area contributed by atoms with E-state index in [-0.39, 0.29) is 16.2 Å². The quantitative estimate of drug-likeness (QED) is 0.128. The van der Waals surface area contributed by atoms with E-state index in [0.29, 0.717) is 23.0 Å². The molecule has 0 spiro atoms. The van der Waals surface area contributed by atoms with E-state index < -0.39 is 0 Å². The summed E-state index contributed by atoms with van der Waals surface area (Å²) in [6.45, 7) is 30.9. The number of pyridine rings is 1. The van der Waals surface area contributed by atoms with Crippen LogP contribution >= 0.6 is 0 Å². The van der Waals surface area contributed by atoms with E-state index in [1.165, 1.54) is 61.2 Å². The molecular formula is C68H74N5+. The number of quaternary nitrogens is 1. The SMILES string of the molecule is CC(C)c1cccc(C(C)C)c1-c1ccnc(-n2c3ccccc3c3ccc([N+](c4ccccc4)(c4ccccc4)c4cc(N5CN(c6cccc(C(C)(C)C)c6)C=C5C(C)(C)C)cc(C(C)(C)C)c4)cc32)c1. The maximum Gasteiger partial charge on any atom is 0.150 e. The summed E-state index contributed by atoms with van der Waals surface area (Å²) >= 11 is 0. The predicted molar refractivity (Wildman–Crippen MR) is 313 cm³/mol. The van der Waals surface area contributed by atoms with E-state index in [2.05, 4.69) is 287 Å². The van der Waals surface area contributed by atoms with Crippen molar-refractivity contribution in [2.45, 2.75) is 113 Å². The van der Waals surface area contributed by atoms with Gasteiger partial charge in [0.1, 0.15) is 22.9 Å². The Labute approximate surface area is 435 Å². The third kappa shape index (κ3) is 8.97. The van der Waals surface area contributed by atoms with Crippen LogP contribution in [0.15, 0.2) is 194 Å². The number of allylic oxidation sites excluding steroid dienone is 1. The molecule has 0 amide bonds. The van der Waals surface area contributed by atoms with Crippen LogP contribution in [0, 0.1) is 5.41 Å². The van der Waals surface area contributed by atoms with Crippen molar-refractivity contribution in [2.75, 3.05) is 16.5 Å². The number of rotatable bonds is 10. The predicted octanol–water partition coefficient (Wildman–Crippen LogP) is 19.2. The number of hydrogen-bond donors (Lipinski definition) is 0. The zero-order chi connectivity index (χ0) is 51.6. The van der Waals surface area contributed by atoms with Gasteiger partial charge < -0.3 is 9.80 Å². The van der Waals surface area contributed by atoms with Crippen LogP contribution in [0.3, 0.4) is 0 Å². The zero-order valence-corrected chi connectivity index (χ0v) is 45.5. The third-order valence-electron chi connectivity index (χ3n) is 15.1. The number of para-hydroxylation sites is 3. The van der Waals surface area contributed by atoms with Gasteiger partial charge >= 0.3 is 0 Å². The number of benzene rings is 7. The first-order valence-corrected chi connectivity index (χ1v) is 26.4. The molecule has 0 atom stereocenters. The molecule has 0 saturated heterocycles. The lowest BCUT2D eigenvalue weighted by molar-refractivity contribution is 0.492. The minimum absolute atomic E-state index is 0.0349. The van der Waals surface area contributed by atoms with Crippen LogP contribution in [-0.4, -0.2) is 16.2 Å². The molecule has 0 N–H and O–H groups in total. The standard InChI is InChI=1S/C68H74N5/c1-46(2)57-31-23-32-58(47(3)4)65(57)48-36-37-69-64(38-48)72-61-33-21-20-30-59(61)60-35-34-55(43-62(60)72)73(53-26-16-14-17-27-53,54-28-18-15-19-29-54)56-41-50(67(8,9)10)40-52(42-56)71-45-70(44-63(71)68(11,12)13)51-25-22-24-49(39-51)66(5,6)7/h14-44,46-47H,45H2,1-13H3/q+1. The molecule has 0 bridgehead atoms. The fourth-order valence-corrected chi connectivity index (χ4v) is 11.2.